The second kappa shape index (κ2) is 10.9. The molecule has 0 bridgehead atoms. The molecule has 4 aromatic rings. The molecule has 0 saturated carbocycles. The number of hydrogen-bond donors (Lipinski definition) is 0. The second-order valence-corrected chi connectivity index (χ2v) is 7.24. The summed E-state index contributed by atoms with van der Waals surface area (Å²) in [5, 5.41) is 0. The molecule has 152 valence electrons. The third kappa shape index (κ3) is 5.69. The fourth-order valence-electron chi connectivity index (χ4n) is 3.63. The number of rotatable bonds is 8. The van der Waals surface area contributed by atoms with Gasteiger partial charge in [-0.3, -0.25) is 0 Å². The molecule has 1 nitrogen and oxygen atoms in total. The number of hydrogen-bond acceptors (Lipinski definition) is 1. The molecule has 0 radical (unpaired) electrons. The largest absolute Gasteiger partial charge is 0.373 e. The van der Waals surface area contributed by atoms with E-state index in [9.17, 15) is 0 Å². The van der Waals surface area contributed by atoms with Crippen LogP contribution < -0.4 is 0 Å². The summed E-state index contributed by atoms with van der Waals surface area (Å²) in [7, 11) is 0. The van der Waals surface area contributed by atoms with Gasteiger partial charge in [0.15, 0.2) is 0 Å². The van der Waals surface area contributed by atoms with Crippen molar-refractivity contribution in [3.63, 3.8) is 0 Å². The van der Waals surface area contributed by atoms with Crippen molar-refractivity contribution in [2.24, 2.45) is 0 Å². The third-order valence-corrected chi connectivity index (χ3v) is 5.15. The Morgan fingerprint density at radius 3 is 0.935 bits per heavy atom. The number of ether oxygens (including phenoxy) is 1. The normalized spacial score (nSPS) is 10.3. The van der Waals surface area contributed by atoms with E-state index in [0.29, 0.717) is 13.2 Å². The highest BCUT2D eigenvalue weighted by Gasteiger charge is 2.05. The van der Waals surface area contributed by atoms with E-state index in [0.717, 1.165) is 0 Å². The van der Waals surface area contributed by atoms with Crippen LogP contribution in [0.1, 0.15) is 22.3 Å². The van der Waals surface area contributed by atoms with E-state index < -0.39 is 0 Å². The summed E-state index contributed by atoms with van der Waals surface area (Å²) >= 11 is 0. The molecule has 0 fully saturated rings. The van der Waals surface area contributed by atoms with E-state index in [1.807, 2.05) is 24.3 Å². The zero-order valence-electron chi connectivity index (χ0n) is 17.5. The van der Waals surface area contributed by atoms with Gasteiger partial charge < -0.3 is 4.74 Å². The van der Waals surface area contributed by atoms with Gasteiger partial charge in [-0.2, -0.15) is 0 Å². The highest BCUT2D eigenvalue weighted by molar-refractivity contribution is 5.80. The molecule has 0 N–H and O–H groups in total. The van der Waals surface area contributed by atoms with Crippen LogP contribution in [0.3, 0.4) is 0 Å². The van der Waals surface area contributed by atoms with Crippen LogP contribution in [0.15, 0.2) is 133 Å². The molecule has 0 atom stereocenters. The molecule has 0 amide bonds. The summed E-state index contributed by atoms with van der Waals surface area (Å²) in [5.74, 6) is 0. The van der Waals surface area contributed by atoms with Crippen molar-refractivity contribution in [3.8, 4) is 0 Å². The molecule has 0 aliphatic carbocycles. The number of benzene rings is 4. The maximum atomic E-state index is 6.03. The predicted octanol–water partition coefficient (Wildman–Crippen LogP) is 7.27. The lowest BCUT2D eigenvalue weighted by molar-refractivity contribution is 0.194. The zero-order valence-corrected chi connectivity index (χ0v) is 17.5. The van der Waals surface area contributed by atoms with E-state index in [1.54, 1.807) is 0 Å². The maximum Gasteiger partial charge on any atom is 0.0660 e. The molecular weight excluding hydrogens is 376 g/mol. The van der Waals surface area contributed by atoms with Crippen LogP contribution in [-0.2, 0) is 4.74 Å². The van der Waals surface area contributed by atoms with Gasteiger partial charge in [0.2, 0.25) is 0 Å². The van der Waals surface area contributed by atoms with Crippen LogP contribution >= 0.6 is 0 Å². The van der Waals surface area contributed by atoms with Crippen molar-refractivity contribution >= 4 is 11.1 Å². The van der Waals surface area contributed by atoms with Crippen LogP contribution in [0, 0.1) is 0 Å². The van der Waals surface area contributed by atoms with Gasteiger partial charge in [-0.25, -0.2) is 0 Å². The first-order chi connectivity index (χ1) is 15.4. The quantitative estimate of drug-likeness (QED) is 0.282. The van der Waals surface area contributed by atoms with Crippen LogP contribution in [0.5, 0.6) is 0 Å². The Bertz CT molecular complexity index is 936. The predicted molar refractivity (Wildman–Crippen MR) is 131 cm³/mol. The lowest BCUT2D eigenvalue weighted by Gasteiger charge is -2.10. The highest BCUT2D eigenvalue weighted by Crippen LogP contribution is 2.24. The maximum absolute atomic E-state index is 6.03. The first-order valence-corrected chi connectivity index (χ1v) is 10.6. The average molecular weight is 403 g/mol. The Hall–Kier alpha value is -3.68. The van der Waals surface area contributed by atoms with Crippen molar-refractivity contribution in [2.45, 2.75) is 0 Å². The first kappa shape index (κ1) is 20.6. The molecule has 4 aromatic carbocycles. The Morgan fingerprint density at radius 2 is 0.677 bits per heavy atom. The summed E-state index contributed by atoms with van der Waals surface area (Å²) in [6, 6.07) is 41.9. The minimum atomic E-state index is 0.548. The second-order valence-electron chi connectivity index (χ2n) is 7.24. The standard InChI is InChI=1S/C30H26O/c1-5-13-25(14-6-1)29(26-15-7-2-8-16-26)21-23-31-24-22-30(27-17-9-3-10-18-27)28-19-11-4-12-20-28/h1-22H,23-24H2. The Labute approximate surface area is 185 Å². The molecule has 0 heterocycles. The first-order valence-electron chi connectivity index (χ1n) is 10.6. The molecule has 0 aliphatic heterocycles. The van der Waals surface area contributed by atoms with Crippen LogP contribution in [-0.4, -0.2) is 13.2 Å². The molecule has 31 heavy (non-hydrogen) atoms. The van der Waals surface area contributed by atoms with Crippen molar-refractivity contribution < 1.29 is 4.74 Å². The van der Waals surface area contributed by atoms with Crippen LogP contribution in [0.2, 0.25) is 0 Å². The molecule has 0 unspecified atom stereocenters. The molecule has 0 aromatic heterocycles. The Morgan fingerprint density at radius 1 is 0.419 bits per heavy atom. The van der Waals surface area contributed by atoms with Crippen LogP contribution in [0.25, 0.3) is 11.1 Å². The summed E-state index contributed by atoms with van der Waals surface area (Å²) < 4.78 is 6.03. The summed E-state index contributed by atoms with van der Waals surface area (Å²) in [6.45, 7) is 1.10. The molecule has 0 aliphatic rings. The lowest BCUT2D eigenvalue weighted by atomic mass is 9.97. The van der Waals surface area contributed by atoms with E-state index in [1.165, 1.54) is 33.4 Å². The van der Waals surface area contributed by atoms with Crippen molar-refractivity contribution in [2.75, 3.05) is 13.2 Å². The van der Waals surface area contributed by atoms with Crippen molar-refractivity contribution in [1.82, 2.24) is 0 Å². The lowest BCUT2D eigenvalue weighted by Crippen LogP contribution is -1.97. The van der Waals surface area contributed by atoms with Gasteiger partial charge in [0.05, 0.1) is 13.2 Å². The van der Waals surface area contributed by atoms with Gasteiger partial charge in [0.1, 0.15) is 0 Å². The molecule has 0 spiro atoms. The van der Waals surface area contributed by atoms with E-state index in [2.05, 4.69) is 109 Å². The monoisotopic (exact) mass is 402 g/mol. The summed E-state index contributed by atoms with van der Waals surface area (Å²) in [6.07, 6.45) is 4.34. The molecular formula is C30H26O. The molecule has 0 saturated heterocycles. The van der Waals surface area contributed by atoms with Gasteiger partial charge in [-0.15, -0.1) is 0 Å². The van der Waals surface area contributed by atoms with Crippen molar-refractivity contribution in [3.05, 3.63) is 156 Å². The van der Waals surface area contributed by atoms with E-state index in [-0.39, 0.29) is 0 Å². The van der Waals surface area contributed by atoms with Gasteiger partial charge in [-0.1, -0.05) is 133 Å². The topological polar surface area (TPSA) is 9.23 Å². The SMILES string of the molecule is C(COCC=C(c1ccccc1)c1ccccc1)=C(c1ccccc1)c1ccccc1. The third-order valence-electron chi connectivity index (χ3n) is 5.15. The summed E-state index contributed by atoms with van der Waals surface area (Å²) in [4.78, 5) is 0. The van der Waals surface area contributed by atoms with Gasteiger partial charge in [0.25, 0.3) is 0 Å². The van der Waals surface area contributed by atoms with Crippen LogP contribution in [0.4, 0.5) is 0 Å². The van der Waals surface area contributed by atoms with Crippen molar-refractivity contribution in [1.29, 1.82) is 0 Å². The fourth-order valence-corrected chi connectivity index (χ4v) is 3.63. The molecule has 1 heteroatoms. The van der Waals surface area contributed by atoms with Gasteiger partial charge in [0, 0.05) is 0 Å². The van der Waals surface area contributed by atoms with Gasteiger partial charge >= 0.3 is 0 Å². The Kier molecular flexibility index (Phi) is 7.25. The fraction of sp³-hybridized carbons (Fsp3) is 0.0667. The average Bonchev–Trinajstić information content (AvgIpc) is 2.86. The minimum absolute atomic E-state index is 0.548. The smallest absolute Gasteiger partial charge is 0.0660 e. The zero-order chi connectivity index (χ0) is 21.1. The highest BCUT2D eigenvalue weighted by atomic mass is 16.5. The Balaban J connectivity index is 1.51. The summed E-state index contributed by atoms with van der Waals surface area (Å²) in [5.41, 5.74) is 7.17. The minimum Gasteiger partial charge on any atom is -0.373 e. The van der Waals surface area contributed by atoms with E-state index in [4.69, 9.17) is 4.74 Å². The van der Waals surface area contributed by atoms with E-state index >= 15 is 0 Å². The van der Waals surface area contributed by atoms with Gasteiger partial charge in [-0.05, 0) is 33.4 Å². The molecule has 4 rings (SSSR count).